The van der Waals surface area contributed by atoms with Crippen molar-refractivity contribution in [1.82, 2.24) is 0 Å². The number of fused-ring (bicyclic) bond motifs is 5. The van der Waals surface area contributed by atoms with Crippen molar-refractivity contribution in [2.24, 2.45) is 34.5 Å². The fraction of sp³-hybridized carbons (Fsp3) is 0.850. The van der Waals surface area contributed by atoms with Gasteiger partial charge >= 0.3 is 0 Å². The topological polar surface area (TPSA) is 17.1 Å². The highest BCUT2D eigenvalue weighted by Crippen LogP contribution is 2.65. The Balaban J connectivity index is 1.75. The van der Waals surface area contributed by atoms with Crippen molar-refractivity contribution < 1.29 is 4.79 Å². The minimum absolute atomic E-state index is 0.288. The molecule has 6 atom stereocenters. The Morgan fingerprint density at radius 3 is 2.76 bits per heavy atom. The molecule has 4 rings (SSSR count). The van der Waals surface area contributed by atoms with Gasteiger partial charge in [0.1, 0.15) is 5.78 Å². The molecule has 21 heavy (non-hydrogen) atoms. The van der Waals surface area contributed by atoms with Crippen LogP contribution in [0.25, 0.3) is 0 Å². The number of rotatable bonds is 0. The summed E-state index contributed by atoms with van der Waals surface area (Å²) in [7, 11) is 0. The first-order chi connectivity index (χ1) is 9.97. The quantitative estimate of drug-likeness (QED) is 0.562. The molecule has 0 heterocycles. The van der Waals surface area contributed by atoms with Crippen LogP contribution in [0.2, 0.25) is 0 Å². The van der Waals surface area contributed by atoms with E-state index in [4.69, 9.17) is 0 Å². The largest absolute Gasteiger partial charge is 0.299 e. The molecule has 0 radical (unpaired) electrons. The summed E-state index contributed by atoms with van der Waals surface area (Å²) in [6.45, 7) is 7.28. The minimum Gasteiger partial charge on any atom is -0.299 e. The third-order valence-electron chi connectivity index (χ3n) is 8.24. The Morgan fingerprint density at radius 1 is 1.14 bits per heavy atom. The zero-order chi connectivity index (χ0) is 14.8. The Hall–Kier alpha value is -0.590. The molecule has 3 saturated carbocycles. The third kappa shape index (κ3) is 1.72. The van der Waals surface area contributed by atoms with Crippen LogP contribution >= 0.6 is 0 Å². The Morgan fingerprint density at radius 2 is 1.95 bits per heavy atom. The predicted molar refractivity (Wildman–Crippen MR) is 85.9 cm³/mol. The number of hydrogen-bond acceptors (Lipinski definition) is 1. The van der Waals surface area contributed by atoms with Crippen LogP contribution in [-0.4, -0.2) is 5.78 Å². The van der Waals surface area contributed by atoms with Crippen molar-refractivity contribution in [2.75, 3.05) is 0 Å². The van der Waals surface area contributed by atoms with E-state index in [-0.39, 0.29) is 5.92 Å². The van der Waals surface area contributed by atoms with Crippen LogP contribution in [0, 0.1) is 34.5 Å². The maximum atomic E-state index is 12.2. The number of carbonyl (C=O) groups is 1. The van der Waals surface area contributed by atoms with Crippen LogP contribution in [0.1, 0.15) is 72.1 Å². The molecule has 1 heteroatoms. The van der Waals surface area contributed by atoms with Crippen molar-refractivity contribution >= 4 is 5.78 Å². The molecule has 116 valence electrons. The van der Waals surface area contributed by atoms with Crippen LogP contribution in [0.5, 0.6) is 0 Å². The lowest BCUT2D eigenvalue weighted by Crippen LogP contribution is -2.51. The molecule has 0 aromatic carbocycles. The van der Waals surface area contributed by atoms with E-state index in [1.165, 1.54) is 32.1 Å². The number of hydrogen-bond donors (Lipinski definition) is 0. The summed E-state index contributed by atoms with van der Waals surface area (Å²) >= 11 is 0. The lowest BCUT2D eigenvalue weighted by molar-refractivity contribution is -0.133. The van der Waals surface area contributed by atoms with Gasteiger partial charge in [-0.25, -0.2) is 0 Å². The molecule has 4 aliphatic carbocycles. The summed E-state index contributed by atoms with van der Waals surface area (Å²) in [6, 6.07) is 0. The Bertz CT molecular complexity index is 504. The molecule has 0 bridgehead atoms. The van der Waals surface area contributed by atoms with Gasteiger partial charge in [0.15, 0.2) is 0 Å². The van der Waals surface area contributed by atoms with Crippen molar-refractivity contribution in [3.8, 4) is 0 Å². The summed E-state index contributed by atoms with van der Waals surface area (Å²) in [6.07, 6.45) is 12.9. The summed E-state index contributed by atoms with van der Waals surface area (Å²) in [5, 5.41) is 0. The average Bonchev–Trinajstić information content (AvgIpc) is 2.85. The second-order valence-electron chi connectivity index (χ2n) is 8.90. The molecule has 4 aliphatic rings. The van der Waals surface area contributed by atoms with E-state index in [1.54, 1.807) is 0 Å². The molecule has 0 saturated heterocycles. The fourth-order valence-electron chi connectivity index (χ4n) is 6.82. The van der Waals surface area contributed by atoms with Crippen molar-refractivity contribution in [2.45, 2.75) is 72.1 Å². The first-order valence-electron chi connectivity index (χ1n) is 9.20. The molecule has 0 aromatic heterocycles. The van der Waals surface area contributed by atoms with E-state index in [2.05, 4.69) is 26.8 Å². The van der Waals surface area contributed by atoms with E-state index in [1.807, 2.05) is 5.57 Å². The Labute approximate surface area is 129 Å². The molecule has 6 unspecified atom stereocenters. The monoisotopic (exact) mass is 286 g/mol. The molecular weight excluding hydrogens is 256 g/mol. The first kappa shape index (κ1) is 14.0. The second-order valence-corrected chi connectivity index (χ2v) is 8.90. The van der Waals surface area contributed by atoms with Crippen LogP contribution in [0.15, 0.2) is 11.6 Å². The molecule has 3 fully saturated rings. The standard InChI is InChI=1S/C20H30O/c1-13-15-8-9-16-17(20(15,3)12-10-18(13)21)7-6-14-5-4-11-19(14,16)2/h9,13-15,17H,4-8,10-12H2,1-3H3. The molecule has 0 aliphatic heterocycles. The van der Waals surface area contributed by atoms with E-state index in [0.29, 0.717) is 22.5 Å². The van der Waals surface area contributed by atoms with E-state index >= 15 is 0 Å². The number of ketones is 1. The third-order valence-corrected chi connectivity index (χ3v) is 8.24. The van der Waals surface area contributed by atoms with Gasteiger partial charge < -0.3 is 0 Å². The molecule has 0 amide bonds. The lowest BCUT2D eigenvalue weighted by atomic mass is 9.46. The maximum Gasteiger partial charge on any atom is 0.136 e. The predicted octanol–water partition coefficient (Wildman–Crippen LogP) is 5.15. The van der Waals surface area contributed by atoms with E-state index < -0.39 is 0 Å². The van der Waals surface area contributed by atoms with E-state index in [9.17, 15) is 4.79 Å². The summed E-state index contributed by atoms with van der Waals surface area (Å²) in [4.78, 5) is 12.2. The van der Waals surface area contributed by atoms with Gasteiger partial charge in [-0.2, -0.15) is 0 Å². The highest BCUT2D eigenvalue weighted by molar-refractivity contribution is 5.82. The SMILES string of the molecule is CC1C(=O)CCC2(C)C3CCC4CCCC4(C)C3=CCC12. The molecule has 0 spiro atoms. The highest BCUT2D eigenvalue weighted by atomic mass is 16.1. The number of allylic oxidation sites excluding steroid dienone is 2. The van der Waals surface area contributed by atoms with Crippen molar-refractivity contribution in [1.29, 1.82) is 0 Å². The molecule has 0 N–H and O–H groups in total. The van der Waals surface area contributed by atoms with Crippen LogP contribution in [0.4, 0.5) is 0 Å². The maximum absolute atomic E-state index is 12.2. The summed E-state index contributed by atoms with van der Waals surface area (Å²) < 4.78 is 0. The van der Waals surface area contributed by atoms with Gasteiger partial charge in [0.05, 0.1) is 0 Å². The zero-order valence-corrected chi connectivity index (χ0v) is 14.0. The fourth-order valence-corrected chi connectivity index (χ4v) is 6.82. The van der Waals surface area contributed by atoms with Gasteiger partial charge in [0, 0.05) is 12.3 Å². The number of carbonyl (C=O) groups excluding carboxylic acids is 1. The minimum atomic E-state index is 0.288. The zero-order valence-electron chi connectivity index (χ0n) is 14.0. The molecule has 0 aromatic rings. The normalized spacial score (nSPS) is 52.7. The van der Waals surface area contributed by atoms with Gasteiger partial charge in [0.25, 0.3) is 0 Å². The summed E-state index contributed by atoms with van der Waals surface area (Å²) in [5.74, 6) is 3.13. The average molecular weight is 286 g/mol. The van der Waals surface area contributed by atoms with Crippen molar-refractivity contribution in [3.05, 3.63) is 11.6 Å². The second kappa shape index (κ2) is 4.46. The van der Waals surface area contributed by atoms with Crippen LogP contribution < -0.4 is 0 Å². The van der Waals surface area contributed by atoms with Crippen LogP contribution in [-0.2, 0) is 4.79 Å². The lowest BCUT2D eigenvalue weighted by Gasteiger charge is -2.58. The van der Waals surface area contributed by atoms with Gasteiger partial charge in [0.2, 0.25) is 0 Å². The van der Waals surface area contributed by atoms with Gasteiger partial charge in [-0.15, -0.1) is 0 Å². The first-order valence-corrected chi connectivity index (χ1v) is 9.20. The summed E-state index contributed by atoms with van der Waals surface area (Å²) in [5.41, 5.74) is 2.71. The Kier molecular flexibility index (Phi) is 2.98. The van der Waals surface area contributed by atoms with E-state index in [0.717, 1.165) is 31.1 Å². The molecular formula is C20H30O. The smallest absolute Gasteiger partial charge is 0.136 e. The number of Topliss-reactive ketones (excluding diaryl/α,β-unsaturated/α-hetero) is 1. The van der Waals surface area contributed by atoms with Gasteiger partial charge in [-0.05, 0) is 67.1 Å². The highest BCUT2D eigenvalue weighted by Gasteiger charge is 2.57. The van der Waals surface area contributed by atoms with Crippen LogP contribution in [0.3, 0.4) is 0 Å². The van der Waals surface area contributed by atoms with Gasteiger partial charge in [-0.3, -0.25) is 4.79 Å². The van der Waals surface area contributed by atoms with Gasteiger partial charge in [-0.1, -0.05) is 38.8 Å². The molecule has 1 nitrogen and oxygen atoms in total. The van der Waals surface area contributed by atoms with Crippen molar-refractivity contribution in [3.63, 3.8) is 0 Å².